The van der Waals surface area contributed by atoms with Crippen molar-refractivity contribution in [1.82, 2.24) is 0 Å². The van der Waals surface area contributed by atoms with Crippen molar-refractivity contribution in [3.8, 4) is 5.75 Å². The van der Waals surface area contributed by atoms with Gasteiger partial charge >= 0.3 is 6.36 Å². The van der Waals surface area contributed by atoms with Gasteiger partial charge in [-0.05, 0) is 47.8 Å². The molecule has 0 unspecified atom stereocenters. The van der Waals surface area contributed by atoms with Crippen LogP contribution < -0.4 is 14.2 Å². The molecule has 0 radical (unpaired) electrons. The molecule has 0 aliphatic carbocycles. The van der Waals surface area contributed by atoms with Gasteiger partial charge < -0.3 is 4.74 Å². The Balaban J connectivity index is 1.93. The number of rotatable bonds is 7. The van der Waals surface area contributed by atoms with Crippen LogP contribution in [-0.4, -0.2) is 23.2 Å². The third kappa shape index (κ3) is 5.98. The predicted octanol–water partition coefficient (Wildman–Crippen LogP) is 5.56. The Morgan fingerprint density at radius 2 is 1.38 bits per heavy atom. The molecular formula is C17H11Cl2F3N2O5S3. The van der Waals surface area contributed by atoms with Crippen LogP contribution in [0.5, 0.6) is 5.75 Å². The largest absolute Gasteiger partial charge is 0.573 e. The highest BCUT2D eigenvalue weighted by atomic mass is 35.5. The van der Waals surface area contributed by atoms with E-state index >= 15 is 0 Å². The van der Waals surface area contributed by atoms with E-state index in [2.05, 4.69) is 14.2 Å². The van der Waals surface area contributed by atoms with Crippen LogP contribution in [0, 0.1) is 0 Å². The van der Waals surface area contributed by atoms with Crippen LogP contribution in [0.1, 0.15) is 0 Å². The normalized spacial score (nSPS) is 12.4. The summed E-state index contributed by atoms with van der Waals surface area (Å²) in [5.74, 6) is -0.615. The summed E-state index contributed by atoms with van der Waals surface area (Å²) in [6.45, 7) is 0. The number of halogens is 5. The van der Waals surface area contributed by atoms with E-state index in [-0.39, 0.29) is 25.6 Å². The minimum atomic E-state index is -4.94. The van der Waals surface area contributed by atoms with E-state index in [0.29, 0.717) is 0 Å². The van der Waals surface area contributed by atoms with Crippen molar-refractivity contribution in [3.63, 3.8) is 0 Å². The molecule has 2 aromatic carbocycles. The van der Waals surface area contributed by atoms with Crippen LogP contribution in [0.15, 0.2) is 63.0 Å². The SMILES string of the molecule is O=S(=O)(Nc1cc(Cl)c(Cl)cc1NS(=O)(=O)c1cccs1)c1ccc(OC(F)(F)F)cc1. The minimum absolute atomic E-state index is 0.0300. The van der Waals surface area contributed by atoms with Gasteiger partial charge in [0.2, 0.25) is 0 Å². The molecule has 3 rings (SSSR count). The van der Waals surface area contributed by atoms with Gasteiger partial charge in [-0.15, -0.1) is 24.5 Å². The number of alkyl halides is 3. The van der Waals surface area contributed by atoms with Crippen molar-refractivity contribution < 1.29 is 34.7 Å². The van der Waals surface area contributed by atoms with E-state index in [1.165, 1.54) is 12.1 Å². The summed E-state index contributed by atoms with van der Waals surface area (Å²) in [7, 11) is -8.41. The smallest absolute Gasteiger partial charge is 0.406 e. The average molecular weight is 547 g/mol. The Labute approximate surface area is 194 Å². The van der Waals surface area contributed by atoms with Gasteiger partial charge in [0.25, 0.3) is 20.0 Å². The van der Waals surface area contributed by atoms with Crippen molar-refractivity contribution in [2.75, 3.05) is 9.44 Å². The molecule has 0 aliphatic heterocycles. The molecule has 2 N–H and O–H groups in total. The van der Waals surface area contributed by atoms with Crippen LogP contribution in [0.2, 0.25) is 10.0 Å². The highest BCUT2D eigenvalue weighted by Crippen LogP contribution is 2.36. The van der Waals surface area contributed by atoms with Gasteiger partial charge in [0, 0.05) is 0 Å². The highest BCUT2D eigenvalue weighted by molar-refractivity contribution is 7.94. The van der Waals surface area contributed by atoms with Crippen LogP contribution in [0.3, 0.4) is 0 Å². The van der Waals surface area contributed by atoms with Crippen LogP contribution in [-0.2, 0) is 20.0 Å². The van der Waals surface area contributed by atoms with Gasteiger partial charge in [0.1, 0.15) is 9.96 Å². The number of hydrogen-bond donors (Lipinski definition) is 2. The van der Waals surface area contributed by atoms with E-state index in [4.69, 9.17) is 23.2 Å². The summed E-state index contributed by atoms with van der Waals surface area (Å²) in [5, 5.41) is 1.42. The van der Waals surface area contributed by atoms with Gasteiger partial charge in [0.15, 0.2) is 0 Å². The third-order valence-electron chi connectivity index (χ3n) is 3.68. The van der Waals surface area contributed by atoms with E-state index in [0.717, 1.165) is 47.7 Å². The van der Waals surface area contributed by atoms with Gasteiger partial charge in [-0.3, -0.25) is 9.44 Å². The number of benzene rings is 2. The van der Waals surface area contributed by atoms with Crippen molar-refractivity contribution in [1.29, 1.82) is 0 Å². The topological polar surface area (TPSA) is 102 Å². The van der Waals surface area contributed by atoms with Crippen LogP contribution >= 0.6 is 34.5 Å². The molecule has 3 aromatic rings. The second kappa shape index (κ2) is 8.98. The molecule has 1 aromatic heterocycles. The zero-order valence-electron chi connectivity index (χ0n) is 15.4. The zero-order chi connectivity index (χ0) is 23.7. The molecule has 0 saturated heterocycles. The first-order chi connectivity index (χ1) is 14.8. The Bertz CT molecular complexity index is 1330. The fraction of sp³-hybridized carbons (Fsp3) is 0.0588. The van der Waals surface area contributed by atoms with E-state index < -0.39 is 37.1 Å². The summed E-state index contributed by atoms with van der Waals surface area (Å²) < 4.78 is 95.4. The number of hydrogen-bond acceptors (Lipinski definition) is 6. The first-order valence-electron chi connectivity index (χ1n) is 8.21. The van der Waals surface area contributed by atoms with E-state index in [1.807, 2.05) is 0 Å². The van der Waals surface area contributed by atoms with Crippen molar-refractivity contribution in [2.24, 2.45) is 0 Å². The van der Waals surface area contributed by atoms with E-state index in [9.17, 15) is 30.0 Å². The van der Waals surface area contributed by atoms with Crippen molar-refractivity contribution in [3.05, 3.63) is 64.0 Å². The molecule has 1 heterocycles. The molecule has 172 valence electrons. The summed E-state index contributed by atoms with van der Waals surface area (Å²) in [5.41, 5.74) is -0.469. The molecule has 0 aliphatic rings. The van der Waals surface area contributed by atoms with Crippen LogP contribution in [0.4, 0.5) is 24.5 Å². The molecule has 7 nitrogen and oxygen atoms in total. The lowest BCUT2D eigenvalue weighted by atomic mass is 10.3. The number of nitrogens with one attached hydrogen (secondary N) is 2. The average Bonchev–Trinajstić information content (AvgIpc) is 3.20. The van der Waals surface area contributed by atoms with Gasteiger partial charge in [0.05, 0.1) is 26.3 Å². The van der Waals surface area contributed by atoms with E-state index in [1.54, 1.807) is 5.38 Å². The monoisotopic (exact) mass is 546 g/mol. The van der Waals surface area contributed by atoms with Gasteiger partial charge in [-0.25, -0.2) is 16.8 Å². The predicted molar refractivity (Wildman–Crippen MR) is 116 cm³/mol. The summed E-state index contributed by atoms with van der Waals surface area (Å²) >= 11 is 12.8. The second-order valence-corrected chi connectivity index (χ2v) is 11.3. The molecule has 0 bridgehead atoms. The van der Waals surface area contributed by atoms with Crippen LogP contribution in [0.25, 0.3) is 0 Å². The lowest BCUT2D eigenvalue weighted by molar-refractivity contribution is -0.274. The molecular weight excluding hydrogens is 536 g/mol. The Morgan fingerprint density at radius 1 is 0.844 bits per heavy atom. The molecule has 0 amide bonds. The quantitative estimate of drug-likeness (QED) is 0.404. The number of thiophene rings is 1. The Morgan fingerprint density at radius 3 is 1.84 bits per heavy atom. The molecule has 32 heavy (non-hydrogen) atoms. The number of ether oxygens (including phenoxy) is 1. The van der Waals surface area contributed by atoms with Crippen molar-refractivity contribution >= 4 is 66.0 Å². The molecule has 0 atom stereocenters. The molecule has 15 heteroatoms. The summed E-state index contributed by atoms with van der Waals surface area (Å²) in [4.78, 5) is -0.412. The summed E-state index contributed by atoms with van der Waals surface area (Å²) in [6, 6.07) is 8.48. The third-order valence-corrected chi connectivity index (χ3v) is 8.54. The second-order valence-electron chi connectivity index (χ2n) is 5.97. The lowest BCUT2D eigenvalue weighted by Crippen LogP contribution is -2.18. The molecule has 0 spiro atoms. The maximum absolute atomic E-state index is 12.7. The maximum atomic E-state index is 12.7. The van der Waals surface area contributed by atoms with Crippen molar-refractivity contribution in [2.45, 2.75) is 15.5 Å². The van der Waals surface area contributed by atoms with Gasteiger partial charge in [-0.1, -0.05) is 29.3 Å². The summed E-state index contributed by atoms with van der Waals surface area (Å²) in [6.07, 6.45) is -4.94. The maximum Gasteiger partial charge on any atom is 0.573 e. The number of anilines is 2. The first-order valence-corrected chi connectivity index (χ1v) is 12.8. The first kappa shape index (κ1) is 24.5. The lowest BCUT2D eigenvalue weighted by Gasteiger charge is -2.16. The van der Waals surface area contributed by atoms with Gasteiger partial charge in [-0.2, -0.15) is 0 Å². The fourth-order valence-corrected chi connectivity index (χ4v) is 5.81. The standard InChI is InChI=1S/C17H11Cl2F3N2O5S3/c18-12-8-14(15(9-13(12)19)24-32(27,28)16-2-1-7-30-16)23-31(25,26)11-5-3-10(4-6-11)29-17(20,21)22/h1-9,23-24H. The highest BCUT2D eigenvalue weighted by Gasteiger charge is 2.31. The Hall–Kier alpha value is -2.19. The molecule has 0 fully saturated rings. The number of sulfonamides is 2. The minimum Gasteiger partial charge on any atom is -0.406 e. The molecule has 0 saturated carbocycles. The fourth-order valence-electron chi connectivity index (χ4n) is 2.35. The Kier molecular flexibility index (Phi) is 6.86. The zero-order valence-corrected chi connectivity index (χ0v) is 19.3.